The van der Waals surface area contributed by atoms with Crippen molar-refractivity contribution in [1.82, 2.24) is 14.8 Å². The predicted molar refractivity (Wildman–Crippen MR) is 67.4 cm³/mol. The minimum absolute atomic E-state index is 0.111. The highest BCUT2D eigenvalue weighted by Crippen LogP contribution is 2.11. The molecule has 1 aliphatic rings. The van der Waals surface area contributed by atoms with Crippen LogP contribution >= 0.6 is 15.9 Å². The Labute approximate surface area is 112 Å². The summed E-state index contributed by atoms with van der Waals surface area (Å²) >= 11 is 3.21. The first-order chi connectivity index (χ1) is 8.58. The first kappa shape index (κ1) is 12.8. The number of halogens is 1. The maximum Gasteiger partial charge on any atom is 0.407 e. The van der Waals surface area contributed by atoms with Crippen molar-refractivity contribution in [2.75, 3.05) is 26.2 Å². The van der Waals surface area contributed by atoms with Gasteiger partial charge in [0.15, 0.2) is 0 Å². The second-order valence-corrected chi connectivity index (χ2v) is 4.74. The number of amides is 2. The zero-order chi connectivity index (χ0) is 13.1. The number of pyridine rings is 1. The van der Waals surface area contributed by atoms with Gasteiger partial charge in [0.25, 0.3) is 5.91 Å². The van der Waals surface area contributed by atoms with E-state index in [0.29, 0.717) is 36.3 Å². The highest BCUT2D eigenvalue weighted by molar-refractivity contribution is 9.10. The lowest BCUT2D eigenvalue weighted by Gasteiger charge is -2.33. The molecule has 0 spiro atoms. The van der Waals surface area contributed by atoms with Gasteiger partial charge in [-0.2, -0.15) is 0 Å². The number of rotatable bonds is 1. The molecule has 1 aromatic rings. The molecule has 0 atom stereocenters. The number of hydrogen-bond donors (Lipinski definition) is 1. The quantitative estimate of drug-likeness (QED) is 0.793. The fourth-order valence-corrected chi connectivity index (χ4v) is 2.02. The number of aromatic nitrogens is 1. The monoisotopic (exact) mass is 313 g/mol. The Morgan fingerprint density at radius 2 is 1.78 bits per heavy atom. The SMILES string of the molecule is O=C(O)N1CCN(C(=O)c2ccc(Br)nc2)CC1. The Bertz CT molecular complexity index is 455. The summed E-state index contributed by atoms with van der Waals surface area (Å²) in [5.41, 5.74) is 0.516. The molecule has 1 aliphatic heterocycles. The minimum atomic E-state index is -0.938. The molecule has 0 aromatic carbocycles. The molecule has 0 bridgehead atoms. The highest BCUT2D eigenvalue weighted by Gasteiger charge is 2.24. The summed E-state index contributed by atoms with van der Waals surface area (Å²) in [6.07, 6.45) is 0.572. The molecular weight excluding hydrogens is 302 g/mol. The van der Waals surface area contributed by atoms with Crippen molar-refractivity contribution in [2.24, 2.45) is 0 Å². The second-order valence-electron chi connectivity index (χ2n) is 3.93. The van der Waals surface area contributed by atoms with E-state index in [4.69, 9.17) is 5.11 Å². The first-order valence-electron chi connectivity index (χ1n) is 5.46. The summed E-state index contributed by atoms with van der Waals surface area (Å²) in [5, 5.41) is 8.82. The first-order valence-corrected chi connectivity index (χ1v) is 6.26. The van der Waals surface area contributed by atoms with Crippen LogP contribution in [0.3, 0.4) is 0 Å². The van der Waals surface area contributed by atoms with E-state index >= 15 is 0 Å². The molecule has 1 fully saturated rings. The van der Waals surface area contributed by atoms with Crippen LogP contribution in [0.2, 0.25) is 0 Å². The van der Waals surface area contributed by atoms with Gasteiger partial charge in [0.05, 0.1) is 5.56 Å². The van der Waals surface area contributed by atoms with Crippen molar-refractivity contribution in [3.8, 4) is 0 Å². The Morgan fingerprint density at radius 3 is 2.28 bits per heavy atom. The van der Waals surface area contributed by atoms with E-state index in [9.17, 15) is 9.59 Å². The molecule has 0 unspecified atom stereocenters. The maximum atomic E-state index is 12.1. The number of carboxylic acid groups (broad SMARTS) is 1. The van der Waals surface area contributed by atoms with Gasteiger partial charge in [0, 0.05) is 32.4 Å². The molecule has 2 amide bonds. The molecule has 1 N–H and O–H groups in total. The van der Waals surface area contributed by atoms with Crippen molar-refractivity contribution in [1.29, 1.82) is 0 Å². The molecule has 0 radical (unpaired) electrons. The van der Waals surface area contributed by atoms with Crippen LogP contribution in [0.25, 0.3) is 0 Å². The third-order valence-corrected chi connectivity index (χ3v) is 3.28. The van der Waals surface area contributed by atoms with Crippen molar-refractivity contribution in [3.63, 3.8) is 0 Å². The number of carbonyl (C=O) groups excluding carboxylic acids is 1. The Balaban J connectivity index is 1.99. The van der Waals surface area contributed by atoms with Crippen LogP contribution in [-0.2, 0) is 0 Å². The zero-order valence-electron chi connectivity index (χ0n) is 9.54. The van der Waals surface area contributed by atoms with Gasteiger partial charge in [-0.3, -0.25) is 4.79 Å². The van der Waals surface area contributed by atoms with E-state index in [1.54, 1.807) is 17.0 Å². The number of carbonyl (C=O) groups is 2. The third kappa shape index (κ3) is 2.79. The van der Waals surface area contributed by atoms with Gasteiger partial charge in [0.2, 0.25) is 0 Å². The summed E-state index contributed by atoms with van der Waals surface area (Å²) in [6.45, 7) is 1.54. The lowest BCUT2D eigenvalue weighted by Crippen LogP contribution is -2.50. The molecule has 7 heteroatoms. The average Bonchev–Trinajstić information content (AvgIpc) is 2.39. The zero-order valence-corrected chi connectivity index (χ0v) is 11.1. The number of piperazine rings is 1. The molecule has 96 valence electrons. The van der Waals surface area contributed by atoms with Crippen LogP contribution in [0.15, 0.2) is 22.9 Å². The molecule has 2 heterocycles. The molecule has 1 saturated heterocycles. The van der Waals surface area contributed by atoms with Crippen LogP contribution in [-0.4, -0.2) is 58.1 Å². The molecule has 18 heavy (non-hydrogen) atoms. The van der Waals surface area contributed by atoms with E-state index in [-0.39, 0.29) is 5.91 Å². The summed E-state index contributed by atoms with van der Waals surface area (Å²) in [5.74, 6) is -0.111. The number of nitrogens with zero attached hydrogens (tertiary/aromatic N) is 3. The molecular formula is C11H12BrN3O3. The summed E-state index contributed by atoms with van der Waals surface area (Å²) < 4.78 is 0.676. The molecule has 2 rings (SSSR count). The van der Waals surface area contributed by atoms with Crippen LogP contribution in [0.1, 0.15) is 10.4 Å². The van der Waals surface area contributed by atoms with E-state index in [2.05, 4.69) is 20.9 Å². The minimum Gasteiger partial charge on any atom is -0.465 e. The van der Waals surface area contributed by atoms with Crippen LogP contribution in [0.5, 0.6) is 0 Å². The third-order valence-electron chi connectivity index (χ3n) is 2.81. The van der Waals surface area contributed by atoms with E-state index in [0.717, 1.165) is 0 Å². The van der Waals surface area contributed by atoms with Gasteiger partial charge in [0.1, 0.15) is 4.60 Å². The fourth-order valence-electron chi connectivity index (χ4n) is 1.79. The van der Waals surface area contributed by atoms with Crippen LogP contribution in [0, 0.1) is 0 Å². The molecule has 0 saturated carbocycles. The van der Waals surface area contributed by atoms with E-state index in [1.165, 1.54) is 11.1 Å². The van der Waals surface area contributed by atoms with E-state index < -0.39 is 6.09 Å². The highest BCUT2D eigenvalue weighted by atomic mass is 79.9. The average molecular weight is 314 g/mol. The standard InChI is InChI=1S/C11H12BrN3O3/c12-9-2-1-8(7-13-9)10(16)14-3-5-15(6-4-14)11(17)18/h1-2,7H,3-6H2,(H,17,18). The van der Waals surface area contributed by atoms with Crippen LogP contribution in [0.4, 0.5) is 4.79 Å². The van der Waals surface area contributed by atoms with Gasteiger partial charge in [-0.25, -0.2) is 9.78 Å². The van der Waals surface area contributed by atoms with Gasteiger partial charge < -0.3 is 14.9 Å². The van der Waals surface area contributed by atoms with Gasteiger partial charge >= 0.3 is 6.09 Å². The van der Waals surface area contributed by atoms with Crippen molar-refractivity contribution in [3.05, 3.63) is 28.5 Å². The summed E-state index contributed by atoms with van der Waals surface area (Å²) in [4.78, 5) is 29.8. The smallest absolute Gasteiger partial charge is 0.407 e. The van der Waals surface area contributed by atoms with Crippen molar-refractivity contribution >= 4 is 27.9 Å². The van der Waals surface area contributed by atoms with Gasteiger partial charge in [-0.1, -0.05) is 0 Å². The normalized spacial score (nSPS) is 15.6. The Kier molecular flexibility index (Phi) is 3.81. The second kappa shape index (κ2) is 5.34. The lowest BCUT2D eigenvalue weighted by molar-refractivity contribution is 0.0624. The Hall–Kier alpha value is -1.63. The maximum absolute atomic E-state index is 12.1. The van der Waals surface area contributed by atoms with E-state index in [1.807, 2.05) is 0 Å². The predicted octanol–water partition coefficient (Wildman–Crippen LogP) is 1.28. The summed E-state index contributed by atoms with van der Waals surface area (Å²) in [6, 6.07) is 3.41. The topological polar surface area (TPSA) is 73.7 Å². The molecule has 1 aromatic heterocycles. The van der Waals surface area contributed by atoms with Crippen molar-refractivity contribution < 1.29 is 14.7 Å². The van der Waals surface area contributed by atoms with Gasteiger partial charge in [-0.05, 0) is 28.1 Å². The summed E-state index contributed by atoms with van der Waals surface area (Å²) in [7, 11) is 0. The number of hydrogen-bond acceptors (Lipinski definition) is 3. The van der Waals surface area contributed by atoms with Gasteiger partial charge in [-0.15, -0.1) is 0 Å². The fraction of sp³-hybridized carbons (Fsp3) is 0.364. The molecule has 6 nitrogen and oxygen atoms in total. The van der Waals surface area contributed by atoms with Crippen molar-refractivity contribution in [2.45, 2.75) is 0 Å². The lowest BCUT2D eigenvalue weighted by atomic mass is 10.2. The largest absolute Gasteiger partial charge is 0.465 e. The van der Waals surface area contributed by atoms with Crippen LogP contribution < -0.4 is 0 Å². The Morgan fingerprint density at radius 1 is 1.17 bits per heavy atom. The molecule has 0 aliphatic carbocycles.